The molecular weight excluding hydrogens is 330 g/mol. The third kappa shape index (κ3) is 3.94. The summed E-state index contributed by atoms with van der Waals surface area (Å²) in [6, 6.07) is 5.19. The molecule has 1 aliphatic rings. The van der Waals surface area contributed by atoms with Gasteiger partial charge in [-0.25, -0.2) is 4.98 Å². The number of nitrogens with zero attached hydrogens (tertiary/aromatic N) is 2. The standard InChI is InChI=1S/C17H18ClN3O3/c18-15-2-1-12(9-19-15)10-20-16(22)13-3-6-21(7-4-13)17(23)14-5-8-24-11-14/h1-2,5,8-9,11,13H,3-4,6-7,10H2,(H,20,22). The molecule has 0 aliphatic carbocycles. The van der Waals surface area contributed by atoms with Crippen molar-refractivity contribution in [3.8, 4) is 0 Å². The topological polar surface area (TPSA) is 75.4 Å². The minimum absolute atomic E-state index is 0.0142. The zero-order valence-corrected chi connectivity index (χ0v) is 13.8. The Morgan fingerprint density at radius 3 is 2.71 bits per heavy atom. The second-order valence-corrected chi connectivity index (χ2v) is 6.17. The summed E-state index contributed by atoms with van der Waals surface area (Å²) in [5, 5.41) is 3.35. The van der Waals surface area contributed by atoms with E-state index in [-0.39, 0.29) is 17.7 Å². The van der Waals surface area contributed by atoms with Gasteiger partial charge in [0.05, 0.1) is 11.8 Å². The molecule has 0 atom stereocenters. The summed E-state index contributed by atoms with van der Waals surface area (Å²) in [6.07, 6.45) is 5.90. The first kappa shape index (κ1) is 16.5. The Labute approximate surface area is 144 Å². The first-order chi connectivity index (χ1) is 11.6. The van der Waals surface area contributed by atoms with Crippen molar-refractivity contribution >= 4 is 23.4 Å². The maximum Gasteiger partial charge on any atom is 0.257 e. The first-order valence-electron chi connectivity index (χ1n) is 7.83. The fraction of sp³-hybridized carbons (Fsp3) is 0.353. The van der Waals surface area contributed by atoms with Gasteiger partial charge in [0.1, 0.15) is 11.4 Å². The van der Waals surface area contributed by atoms with Crippen LogP contribution in [0.4, 0.5) is 0 Å². The van der Waals surface area contributed by atoms with E-state index in [9.17, 15) is 9.59 Å². The van der Waals surface area contributed by atoms with Crippen molar-refractivity contribution in [1.82, 2.24) is 15.2 Å². The normalized spacial score (nSPS) is 15.3. The highest BCUT2D eigenvalue weighted by Crippen LogP contribution is 2.19. The second-order valence-electron chi connectivity index (χ2n) is 5.79. The lowest BCUT2D eigenvalue weighted by Crippen LogP contribution is -2.42. The third-order valence-corrected chi connectivity index (χ3v) is 4.40. The van der Waals surface area contributed by atoms with Crippen molar-refractivity contribution in [2.24, 2.45) is 5.92 Å². The number of furan rings is 1. The molecule has 2 aromatic heterocycles. The average Bonchev–Trinajstić information content (AvgIpc) is 3.15. The third-order valence-electron chi connectivity index (χ3n) is 4.18. The van der Waals surface area contributed by atoms with E-state index in [0.717, 1.165) is 5.56 Å². The monoisotopic (exact) mass is 347 g/mol. The number of hydrogen-bond donors (Lipinski definition) is 1. The number of rotatable bonds is 4. The van der Waals surface area contributed by atoms with Crippen molar-refractivity contribution in [3.05, 3.63) is 53.2 Å². The Morgan fingerprint density at radius 1 is 1.29 bits per heavy atom. The summed E-state index contributed by atoms with van der Waals surface area (Å²) in [5.41, 5.74) is 1.45. The van der Waals surface area contributed by atoms with E-state index >= 15 is 0 Å². The molecule has 0 bridgehead atoms. The number of aromatic nitrogens is 1. The van der Waals surface area contributed by atoms with Crippen LogP contribution in [0.25, 0.3) is 0 Å². The molecule has 1 aliphatic heterocycles. The Kier molecular flexibility index (Phi) is 5.15. The summed E-state index contributed by atoms with van der Waals surface area (Å²) in [4.78, 5) is 30.2. The van der Waals surface area contributed by atoms with Crippen LogP contribution in [-0.2, 0) is 11.3 Å². The molecule has 3 rings (SSSR count). The van der Waals surface area contributed by atoms with E-state index in [1.54, 1.807) is 23.2 Å². The van der Waals surface area contributed by atoms with Crippen LogP contribution < -0.4 is 5.32 Å². The highest BCUT2D eigenvalue weighted by molar-refractivity contribution is 6.29. The van der Waals surface area contributed by atoms with Gasteiger partial charge < -0.3 is 14.6 Å². The molecule has 1 N–H and O–H groups in total. The van der Waals surface area contributed by atoms with E-state index in [1.165, 1.54) is 12.5 Å². The average molecular weight is 348 g/mol. The largest absolute Gasteiger partial charge is 0.472 e. The minimum atomic E-state index is -0.0707. The number of nitrogens with one attached hydrogen (secondary N) is 1. The Hall–Kier alpha value is -2.34. The predicted molar refractivity (Wildman–Crippen MR) is 88.4 cm³/mol. The van der Waals surface area contributed by atoms with Crippen LogP contribution in [-0.4, -0.2) is 34.8 Å². The van der Waals surface area contributed by atoms with Gasteiger partial charge >= 0.3 is 0 Å². The smallest absolute Gasteiger partial charge is 0.257 e. The Morgan fingerprint density at radius 2 is 2.08 bits per heavy atom. The van der Waals surface area contributed by atoms with Gasteiger partial charge in [-0.3, -0.25) is 9.59 Å². The minimum Gasteiger partial charge on any atom is -0.472 e. The molecule has 3 heterocycles. The van der Waals surface area contributed by atoms with Crippen LogP contribution in [0.1, 0.15) is 28.8 Å². The quantitative estimate of drug-likeness (QED) is 0.862. The van der Waals surface area contributed by atoms with Crippen molar-refractivity contribution in [2.45, 2.75) is 19.4 Å². The zero-order chi connectivity index (χ0) is 16.9. The molecule has 6 nitrogen and oxygen atoms in total. The maximum atomic E-state index is 12.3. The fourth-order valence-electron chi connectivity index (χ4n) is 2.76. The highest BCUT2D eigenvalue weighted by Gasteiger charge is 2.27. The molecule has 1 fully saturated rings. The summed E-state index contributed by atoms with van der Waals surface area (Å²) < 4.78 is 4.94. The van der Waals surface area contributed by atoms with Crippen LogP contribution in [0.3, 0.4) is 0 Å². The number of likely N-dealkylation sites (tertiary alicyclic amines) is 1. The fourth-order valence-corrected chi connectivity index (χ4v) is 2.87. The van der Waals surface area contributed by atoms with Gasteiger partial charge in [0, 0.05) is 31.7 Å². The molecule has 126 valence electrons. The van der Waals surface area contributed by atoms with Gasteiger partial charge in [-0.15, -0.1) is 0 Å². The summed E-state index contributed by atoms with van der Waals surface area (Å²) in [7, 11) is 0. The molecule has 0 saturated carbocycles. The summed E-state index contributed by atoms with van der Waals surface area (Å²) in [6.45, 7) is 1.58. The number of piperidine rings is 1. The van der Waals surface area contributed by atoms with Gasteiger partial charge in [0.25, 0.3) is 5.91 Å². The van der Waals surface area contributed by atoms with Gasteiger partial charge in [0.2, 0.25) is 5.91 Å². The molecule has 2 aromatic rings. The lowest BCUT2D eigenvalue weighted by Gasteiger charge is -2.31. The number of carbonyl (C=O) groups excluding carboxylic acids is 2. The zero-order valence-electron chi connectivity index (χ0n) is 13.1. The van der Waals surface area contributed by atoms with Crippen LogP contribution in [0.15, 0.2) is 41.3 Å². The van der Waals surface area contributed by atoms with E-state index in [1.807, 2.05) is 6.07 Å². The van der Waals surface area contributed by atoms with Crippen LogP contribution in [0.2, 0.25) is 5.15 Å². The molecule has 24 heavy (non-hydrogen) atoms. The van der Waals surface area contributed by atoms with Gasteiger partial charge in [-0.1, -0.05) is 17.7 Å². The van der Waals surface area contributed by atoms with Crippen LogP contribution in [0, 0.1) is 5.92 Å². The molecule has 2 amide bonds. The van der Waals surface area contributed by atoms with Crippen LogP contribution >= 0.6 is 11.6 Å². The molecule has 0 aromatic carbocycles. The second kappa shape index (κ2) is 7.49. The molecule has 0 spiro atoms. The predicted octanol–water partition coefficient (Wildman–Crippen LogP) is 2.50. The van der Waals surface area contributed by atoms with Crippen molar-refractivity contribution in [3.63, 3.8) is 0 Å². The Bertz CT molecular complexity index is 692. The lowest BCUT2D eigenvalue weighted by molar-refractivity contribution is -0.126. The molecule has 0 radical (unpaired) electrons. The van der Waals surface area contributed by atoms with Crippen molar-refractivity contribution in [1.29, 1.82) is 0 Å². The van der Waals surface area contributed by atoms with E-state index in [4.69, 9.17) is 16.0 Å². The number of halogens is 1. The molecule has 1 saturated heterocycles. The molecule has 7 heteroatoms. The lowest BCUT2D eigenvalue weighted by atomic mass is 9.95. The van der Waals surface area contributed by atoms with Crippen molar-refractivity contribution in [2.75, 3.05) is 13.1 Å². The van der Waals surface area contributed by atoms with Gasteiger partial charge in [-0.2, -0.15) is 0 Å². The summed E-state index contributed by atoms with van der Waals surface area (Å²) >= 11 is 5.74. The number of carbonyl (C=O) groups is 2. The van der Waals surface area contributed by atoms with E-state index in [0.29, 0.717) is 43.2 Å². The van der Waals surface area contributed by atoms with Gasteiger partial charge in [0.15, 0.2) is 0 Å². The maximum absolute atomic E-state index is 12.3. The van der Waals surface area contributed by atoms with Gasteiger partial charge in [-0.05, 0) is 30.5 Å². The number of amides is 2. The number of hydrogen-bond acceptors (Lipinski definition) is 4. The Balaban J connectivity index is 1.46. The SMILES string of the molecule is O=C(NCc1ccc(Cl)nc1)C1CCN(C(=O)c2ccoc2)CC1. The number of pyridine rings is 1. The summed E-state index contributed by atoms with van der Waals surface area (Å²) in [5.74, 6) is -0.103. The first-order valence-corrected chi connectivity index (χ1v) is 8.21. The van der Waals surface area contributed by atoms with E-state index in [2.05, 4.69) is 10.3 Å². The molecule has 0 unspecified atom stereocenters. The van der Waals surface area contributed by atoms with Crippen molar-refractivity contribution < 1.29 is 14.0 Å². The van der Waals surface area contributed by atoms with Crippen LogP contribution in [0.5, 0.6) is 0 Å². The molecular formula is C17H18ClN3O3. The van der Waals surface area contributed by atoms with E-state index < -0.39 is 0 Å². The highest BCUT2D eigenvalue weighted by atomic mass is 35.5.